The van der Waals surface area contributed by atoms with E-state index < -0.39 is 0 Å². The normalized spacial score (nSPS) is 10.7. The number of hydrogen-bond donors (Lipinski definition) is 1. The molecule has 2 rings (SSSR count). The summed E-state index contributed by atoms with van der Waals surface area (Å²) in [5.41, 5.74) is 3.37. The average molecular weight is 446 g/mol. The van der Waals surface area contributed by atoms with Crippen LogP contribution in [0.5, 0.6) is 0 Å². The molecule has 0 radical (unpaired) electrons. The molecule has 0 saturated heterocycles. The third kappa shape index (κ3) is 3.31. The number of hydrogen-bond acceptors (Lipinski definition) is 3. The third-order valence-electron chi connectivity index (χ3n) is 3.07. The van der Waals surface area contributed by atoms with Gasteiger partial charge in [0.15, 0.2) is 5.82 Å². The van der Waals surface area contributed by atoms with Gasteiger partial charge in [-0.1, -0.05) is 29.3 Å². The molecule has 0 aliphatic carbocycles. The maximum Gasteiger partial charge on any atom is 0.162 e. The lowest BCUT2D eigenvalue weighted by molar-refractivity contribution is 0.868. The smallest absolute Gasteiger partial charge is 0.162 e. The van der Waals surface area contributed by atoms with Gasteiger partial charge in [0, 0.05) is 17.1 Å². The first-order chi connectivity index (χ1) is 9.56. The highest BCUT2D eigenvalue weighted by molar-refractivity contribution is 14.1. The molecular formula is C15H17BrIN3. The zero-order chi connectivity index (χ0) is 14.7. The summed E-state index contributed by atoms with van der Waals surface area (Å²) < 4.78 is 2.19. The number of anilines is 1. The number of nitrogens with zero attached hydrogens (tertiary/aromatic N) is 2. The number of aromatic nitrogens is 2. The van der Waals surface area contributed by atoms with Crippen LogP contribution in [0.15, 0.2) is 22.7 Å². The summed E-state index contributed by atoms with van der Waals surface area (Å²) in [7, 11) is 1.90. The maximum atomic E-state index is 4.76. The van der Waals surface area contributed by atoms with Gasteiger partial charge in [0.05, 0.1) is 9.26 Å². The van der Waals surface area contributed by atoms with E-state index in [0.29, 0.717) is 0 Å². The van der Waals surface area contributed by atoms with E-state index in [2.05, 4.69) is 74.8 Å². The largest absolute Gasteiger partial charge is 0.372 e. The molecule has 0 aliphatic heterocycles. The number of nitrogens with one attached hydrogen (secondary N) is 1. The molecule has 0 aliphatic rings. The van der Waals surface area contributed by atoms with Crippen LogP contribution < -0.4 is 5.32 Å². The van der Waals surface area contributed by atoms with Crippen LogP contribution >= 0.6 is 38.5 Å². The van der Waals surface area contributed by atoms with Gasteiger partial charge in [-0.25, -0.2) is 9.97 Å². The quantitative estimate of drug-likeness (QED) is 0.686. The highest BCUT2D eigenvalue weighted by Crippen LogP contribution is 2.28. The molecule has 1 aromatic heterocycles. The fourth-order valence-electron chi connectivity index (χ4n) is 2.06. The average Bonchev–Trinajstić information content (AvgIpc) is 2.41. The van der Waals surface area contributed by atoms with Crippen LogP contribution in [0.25, 0.3) is 11.4 Å². The Kier molecular flexibility index (Phi) is 5.37. The first-order valence-corrected chi connectivity index (χ1v) is 8.44. The van der Waals surface area contributed by atoms with Crippen LogP contribution in [0, 0.1) is 10.5 Å². The Morgan fingerprint density at radius 3 is 2.65 bits per heavy atom. The lowest BCUT2D eigenvalue weighted by atomic mass is 10.1. The molecule has 3 nitrogen and oxygen atoms in total. The summed E-state index contributed by atoms with van der Waals surface area (Å²) >= 11 is 5.81. The Morgan fingerprint density at radius 2 is 2.05 bits per heavy atom. The summed E-state index contributed by atoms with van der Waals surface area (Å²) in [5.74, 6) is 1.70. The molecule has 2 aromatic rings. The molecule has 5 heteroatoms. The van der Waals surface area contributed by atoms with E-state index in [1.807, 2.05) is 13.1 Å². The van der Waals surface area contributed by atoms with Crippen molar-refractivity contribution in [2.45, 2.75) is 26.7 Å². The lowest BCUT2D eigenvalue weighted by Gasteiger charge is -2.12. The molecule has 0 saturated carbocycles. The van der Waals surface area contributed by atoms with Gasteiger partial charge in [-0.05, 0) is 59.7 Å². The number of halogens is 2. The fourth-order valence-corrected chi connectivity index (χ4v) is 3.32. The van der Waals surface area contributed by atoms with Gasteiger partial charge in [0.1, 0.15) is 5.82 Å². The molecule has 0 fully saturated rings. The second kappa shape index (κ2) is 6.85. The molecular weight excluding hydrogens is 429 g/mol. The van der Waals surface area contributed by atoms with Crippen molar-refractivity contribution in [3.8, 4) is 11.4 Å². The summed E-state index contributed by atoms with van der Waals surface area (Å²) in [6.45, 7) is 4.25. The second-order valence-electron chi connectivity index (χ2n) is 4.62. The molecule has 0 bridgehead atoms. The van der Waals surface area contributed by atoms with Crippen molar-refractivity contribution in [1.82, 2.24) is 9.97 Å². The first-order valence-electron chi connectivity index (χ1n) is 6.57. The zero-order valence-corrected chi connectivity index (χ0v) is 15.5. The van der Waals surface area contributed by atoms with Gasteiger partial charge >= 0.3 is 0 Å². The Balaban J connectivity index is 2.58. The van der Waals surface area contributed by atoms with E-state index in [1.54, 1.807) is 0 Å². The van der Waals surface area contributed by atoms with E-state index >= 15 is 0 Å². The van der Waals surface area contributed by atoms with Crippen molar-refractivity contribution in [1.29, 1.82) is 0 Å². The topological polar surface area (TPSA) is 37.8 Å². The minimum Gasteiger partial charge on any atom is -0.372 e. The zero-order valence-electron chi connectivity index (χ0n) is 11.8. The van der Waals surface area contributed by atoms with Crippen molar-refractivity contribution in [3.05, 3.63) is 37.5 Å². The predicted octanol–water partition coefficient (Wildman–Crippen LogP) is 4.81. The monoisotopic (exact) mass is 445 g/mol. The highest BCUT2D eigenvalue weighted by Gasteiger charge is 2.13. The highest BCUT2D eigenvalue weighted by atomic mass is 127. The van der Waals surface area contributed by atoms with Crippen molar-refractivity contribution >= 4 is 44.3 Å². The minimum absolute atomic E-state index is 0.795. The summed E-state index contributed by atoms with van der Waals surface area (Å²) in [5, 5.41) is 3.17. The van der Waals surface area contributed by atoms with Crippen LogP contribution in [0.2, 0.25) is 0 Å². The predicted molar refractivity (Wildman–Crippen MR) is 96.2 cm³/mol. The van der Waals surface area contributed by atoms with E-state index in [9.17, 15) is 0 Å². The molecule has 106 valence electrons. The molecule has 0 unspecified atom stereocenters. The lowest BCUT2D eigenvalue weighted by Crippen LogP contribution is -2.06. The Morgan fingerprint density at radius 1 is 1.30 bits per heavy atom. The number of aryl methyl sites for hydroxylation is 2. The van der Waals surface area contributed by atoms with Gasteiger partial charge in [0.2, 0.25) is 0 Å². The Hall–Kier alpha value is -0.690. The van der Waals surface area contributed by atoms with Gasteiger partial charge in [-0.2, -0.15) is 0 Å². The van der Waals surface area contributed by atoms with Crippen LogP contribution in [-0.2, 0) is 6.42 Å². The number of benzene rings is 1. The molecule has 1 heterocycles. The standard InChI is InChI=1S/C15H17BrIN3/c1-4-5-12-13(17)15(18-3)20-14(19-12)11-7-6-10(16)8-9(11)2/h6-8H,4-5H2,1-3H3,(H,18,19,20). The van der Waals surface area contributed by atoms with Gasteiger partial charge in [-0.3, -0.25) is 0 Å². The van der Waals surface area contributed by atoms with Crippen molar-refractivity contribution in [2.24, 2.45) is 0 Å². The van der Waals surface area contributed by atoms with E-state index in [1.165, 1.54) is 5.56 Å². The molecule has 0 spiro atoms. The van der Waals surface area contributed by atoms with E-state index in [4.69, 9.17) is 4.98 Å². The van der Waals surface area contributed by atoms with Gasteiger partial charge < -0.3 is 5.32 Å². The first kappa shape index (κ1) is 15.7. The maximum absolute atomic E-state index is 4.76. The van der Waals surface area contributed by atoms with Crippen LogP contribution in [0.3, 0.4) is 0 Å². The molecule has 0 amide bonds. The molecule has 0 atom stereocenters. The minimum atomic E-state index is 0.795. The van der Waals surface area contributed by atoms with Gasteiger partial charge in [0.25, 0.3) is 0 Å². The Bertz CT molecular complexity index is 629. The fraction of sp³-hybridized carbons (Fsp3) is 0.333. The van der Waals surface area contributed by atoms with Crippen molar-refractivity contribution < 1.29 is 0 Å². The molecule has 20 heavy (non-hydrogen) atoms. The van der Waals surface area contributed by atoms with Crippen LogP contribution in [0.1, 0.15) is 24.6 Å². The van der Waals surface area contributed by atoms with Crippen LogP contribution in [-0.4, -0.2) is 17.0 Å². The Labute approximate surface area is 141 Å². The van der Waals surface area contributed by atoms with E-state index in [-0.39, 0.29) is 0 Å². The third-order valence-corrected chi connectivity index (χ3v) is 4.70. The summed E-state index contributed by atoms with van der Waals surface area (Å²) in [6, 6.07) is 6.19. The van der Waals surface area contributed by atoms with Crippen molar-refractivity contribution in [3.63, 3.8) is 0 Å². The molecule has 1 N–H and O–H groups in total. The SMILES string of the molecule is CCCc1nc(-c2ccc(Br)cc2C)nc(NC)c1I. The summed E-state index contributed by atoms with van der Waals surface area (Å²) in [6.07, 6.45) is 2.05. The van der Waals surface area contributed by atoms with Gasteiger partial charge in [-0.15, -0.1) is 0 Å². The van der Waals surface area contributed by atoms with Crippen LogP contribution in [0.4, 0.5) is 5.82 Å². The number of rotatable bonds is 4. The molecule has 1 aromatic carbocycles. The summed E-state index contributed by atoms with van der Waals surface area (Å²) in [4.78, 5) is 9.41. The van der Waals surface area contributed by atoms with E-state index in [0.717, 1.165) is 43.8 Å². The second-order valence-corrected chi connectivity index (χ2v) is 6.61. The van der Waals surface area contributed by atoms with Crippen molar-refractivity contribution in [2.75, 3.05) is 12.4 Å².